The normalized spacial score (nSPS) is 14.6. The molecule has 0 aliphatic carbocycles. The average Bonchev–Trinajstić information content (AvgIpc) is 3.21. The summed E-state index contributed by atoms with van der Waals surface area (Å²) in [7, 11) is 3.88. The van der Waals surface area contributed by atoms with E-state index < -0.39 is 0 Å². The Morgan fingerprint density at radius 3 is 1.94 bits per heavy atom. The van der Waals surface area contributed by atoms with Gasteiger partial charge in [0.25, 0.3) is 0 Å². The summed E-state index contributed by atoms with van der Waals surface area (Å²) in [4.78, 5) is 2.39. The molecule has 5 heteroatoms. The van der Waals surface area contributed by atoms with Crippen molar-refractivity contribution in [1.82, 2.24) is 4.90 Å². The van der Waals surface area contributed by atoms with Gasteiger partial charge in [0.1, 0.15) is 19.0 Å². The minimum atomic E-state index is 0. The Morgan fingerprint density at radius 2 is 1.33 bits per heavy atom. The Morgan fingerprint density at radius 1 is 0.722 bits per heavy atom. The second-order valence-corrected chi connectivity index (χ2v) is 9.03. The van der Waals surface area contributed by atoms with Gasteiger partial charge in [-0.1, -0.05) is 72.8 Å². The van der Waals surface area contributed by atoms with Gasteiger partial charge in [-0.05, 0) is 65.6 Å². The van der Waals surface area contributed by atoms with Crippen molar-refractivity contribution in [3.63, 3.8) is 0 Å². The average molecular weight is 502 g/mol. The molecule has 1 aliphatic rings. The van der Waals surface area contributed by atoms with Gasteiger partial charge in [0.2, 0.25) is 0 Å². The third kappa shape index (κ3) is 6.01. The van der Waals surface area contributed by atoms with Gasteiger partial charge in [-0.25, -0.2) is 0 Å². The van der Waals surface area contributed by atoms with Gasteiger partial charge < -0.3 is 14.2 Å². The summed E-state index contributed by atoms with van der Waals surface area (Å²) >= 11 is 0. The first-order valence-corrected chi connectivity index (χ1v) is 12.0. The highest BCUT2D eigenvalue weighted by atomic mass is 35.5. The Kier molecular flexibility index (Phi) is 8.52. The van der Waals surface area contributed by atoms with Gasteiger partial charge in [0, 0.05) is 12.6 Å². The van der Waals surface area contributed by atoms with Crippen LogP contribution in [-0.2, 0) is 26.2 Å². The van der Waals surface area contributed by atoms with Crippen molar-refractivity contribution in [3.8, 4) is 17.2 Å². The molecule has 0 saturated heterocycles. The fourth-order valence-corrected chi connectivity index (χ4v) is 4.64. The van der Waals surface area contributed by atoms with Crippen molar-refractivity contribution in [2.24, 2.45) is 0 Å². The van der Waals surface area contributed by atoms with Crippen molar-refractivity contribution in [1.29, 1.82) is 0 Å². The van der Waals surface area contributed by atoms with Gasteiger partial charge in [0.15, 0.2) is 11.5 Å². The summed E-state index contributed by atoms with van der Waals surface area (Å²) < 4.78 is 17.8. The number of likely N-dealkylation sites (N-methyl/N-ethyl adjacent to an activating group) is 1. The molecule has 0 bridgehead atoms. The largest absolute Gasteiger partial charge is 0.493 e. The zero-order valence-corrected chi connectivity index (χ0v) is 21.5. The van der Waals surface area contributed by atoms with E-state index in [1.807, 2.05) is 36.4 Å². The first-order valence-electron chi connectivity index (χ1n) is 12.0. The summed E-state index contributed by atoms with van der Waals surface area (Å²) in [6, 6.07) is 33.5. The molecule has 0 radical (unpaired) electrons. The highest BCUT2D eigenvalue weighted by molar-refractivity contribution is 5.85. The van der Waals surface area contributed by atoms with Crippen molar-refractivity contribution < 1.29 is 14.2 Å². The summed E-state index contributed by atoms with van der Waals surface area (Å²) in [5.74, 6) is 2.47. The molecule has 0 fully saturated rings. The second-order valence-electron chi connectivity index (χ2n) is 9.03. The van der Waals surface area contributed by atoms with Crippen molar-refractivity contribution in [2.45, 2.75) is 32.2 Å². The lowest BCUT2D eigenvalue weighted by Gasteiger charge is -2.21. The van der Waals surface area contributed by atoms with Crippen molar-refractivity contribution in [3.05, 3.63) is 125 Å². The summed E-state index contributed by atoms with van der Waals surface area (Å²) in [5, 5.41) is 0. The Hall–Kier alpha value is -3.47. The van der Waals surface area contributed by atoms with Crippen LogP contribution in [0.4, 0.5) is 0 Å². The monoisotopic (exact) mass is 501 g/mol. The van der Waals surface area contributed by atoms with Crippen LogP contribution in [0.3, 0.4) is 0 Å². The van der Waals surface area contributed by atoms with Gasteiger partial charge in [-0.2, -0.15) is 0 Å². The SMILES string of the molecule is COc1cc2c(cc1OCc1ccccc1)C(Cc1ccc(OCc3ccccc3)cc1)N(C)C2.Cl. The first-order chi connectivity index (χ1) is 17.2. The lowest BCUT2D eigenvalue weighted by molar-refractivity contribution is 0.265. The Labute approximate surface area is 219 Å². The van der Waals surface area contributed by atoms with E-state index in [1.54, 1.807) is 7.11 Å². The predicted octanol–water partition coefficient (Wildman–Crippen LogP) is 7.00. The van der Waals surface area contributed by atoms with Gasteiger partial charge in [-0.15, -0.1) is 12.4 Å². The van der Waals surface area contributed by atoms with Gasteiger partial charge in [0.05, 0.1) is 7.11 Å². The number of benzene rings is 4. The molecule has 0 spiro atoms. The van der Waals surface area contributed by atoms with Gasteiger partial charge >= 0.3 is 0 Å². The van der Waals surface area contributed by atoms with Crippen molar-refractivity contribution >= 4 is 12.4 Å². The number of halogens is 1. The molecule has 1 atom stereocenters. The zero-order valence-electron chi connectivity index (χ0n) is 20.7. The molecule has 1 aliphatic heterocycles. The molecular weight excluding hydrogens is 470 g/mol. The minimum Gasteiger partial charge on any atom is -0.493 e. The van der Waals surface area contributed by atoms with Crippen LogP contribution in [-0.4, -0.2) is 19.1 Å². The van der Waals surface area contributed by atoms with Crippen LogP contribution in [0.2, 0.25) is 0 Å². The standard InChI is InChI=1S/C31H31NO3.ClH/c1-32-20-26-18-30(33-2)31(35-22-25-11-7-4-8-12-25)19-28(26)29(32)17-23-13-15-27(16-14-23)34-21-24-9-5-3-6-10-24;/h3-16,18-19,29H,17,20-22H2,1-2H3;1H. The predicted molar refractivity (Wildman–Crippen MR) is 146 cm³/mol. The maximum atomic E-state index is 6.19. The molecule has 0 N–H and O–H groups in total. The molecule has 0 amide bonds. The molecule has 5 rings (SSSR count). The van der Waals surface area contributed by atoms with E-state index in [1.165, 1.54) is 22.3 Å². The fourth-order valence-electron chi connectivity index (χ4n) is 4.64. The van der Waals surface area contributed by atoms with E-state index in [9.17, 15) is 0 Å². The molecule has 1 heterocycles. The third-order valence-electron chi connectivity index (χ3n) is 6.57. The van der Waals surface area contributed by atoms with E-state index in [4.69, 9.17) is 14.2 Å². The molecule has 1 unspecified atom stereocenters. The Balaban J connectivity index is 0.00000304. The van der Waals surface area contributed by atoms with Crippen LogP contribution in [0.15, 0.2) is 97.1 Å². The molecule has 4 nitrogen and oxygen atoms in total. The fraction of sp³-hybridized carbons (Fsp3) is 0.226. The van der Waals surface area contributed by atoms with Crippen LogP contribution in [0.5, 0.6) is 17.2 Å². The van der Waals surface area contributed by atoms with Crippen molar-refractivity contribution in [2.75, 3.05) is 14.2 Å². The number of hydrogen-bond acceptors (Lipinski definition) is 4. The number of nitrogens with zero attached hydrogens (tertiary/aromatic N) is 1. The molecule has 0 saturated carbocycles. The van der Waals surface area contributed by atoms with Crippen LogP contribution < -0.4 is 14.2 Å². The lowest BCUT2D eigenvalue weighted by atomic mass is 9.97. The highest BCUT2D eigenvalue weighted by Gasteiger charge is 2.29. The lowest BCUT2D eigenvalue weighted by Crippen LogP contribution is -2.18. The quantitative estimate of drug-likeness (QED) is 0.247. The molecule has 36 heavy (non-hydrogen) atoms. The maximum absolute atomic E-state index is 6.19. The maximum Gasteiger partial charge on any atom is 0.162 e. The van der Waals surface area contributed by atoms with Gasteiger partial charge in [-0.3, -0.25) is 4.90 Å². The molecule has 4 aromatic carbocycles. The molecular formula is C31H32ClNO3. The topological polar surface area (TPSA) is 30.9 Å². The van der Waals surface area contributed by atoms with Crippen LogP contribution in [0.25, 0.3) is 0 Å². The number of hydrogen-bond donors (Lipinski definition) is 0. The number of rotatable bonds is 9. The first kappa shape index (κ1) is 25.6. The van der Waals surface area contributed by atoms with E-state index in [0.717, 1.165) is 35.8 Å². The van der Waals surface area contributed by atoms with E-state index in [2.05, 4.69) is 72.6 Å². The highest BCUT2D eigenvalue weighted by Crippen LogP contribution is 2.41. The summed E-state index contributed by atoms with van der Waals surface area (Å²) in [6.45, 7) is 1.99. The summed E-state index contributed by atoms with van der Waals surface area (Å²) in [5.41, 5.74) is 6.19. The van der Waals surface area contributed by atoms with E-state index >= 15 is 0 Å². The smallest absolute Gasteiger partial charge is 0.162 e. The van der Waals surface area contributed by atoms with E-state index in [-0.39, 0.29) is 18.4 Å². The summed E-state index contributed by atoms with van der Waals surface area (Å²) in [6.07, 6.45) is 0.924. The van der Waals surface area contributed by atoms with E-state index in [0.29, 0.717) is 13.2 Å². The number of ether oxygens (including phenoxy) is 3. The second kappa shape index (κ2) is 12.0. The molecule has 4 aromatic rings. The van der Waals surface area contributed by atoms with Crippen LogP contribution in [0, 0.1) is 0 Å². The number of fused-ring (bicyclic) bond motifs is 1. The van der Waals surface area contributed by atoms with Crippen LogP contribution in [0.1, 0.15) is 33.9 Å². The molecule has 0 aromatic heterocycles. The third-order valence-corrected chi connectivity index (χ3v) is 6.57. The minimum absolute atomic E-state index is 0. The Bertz CT molecular complexity index is 1250. The van der Waals surface area contributed by atoms with Crippen LogP contribution >= 0.6 is 12.4 Å². The molecule has 186 valence electrons. The number of methoxy groups -OCH3 is 1. The zero-order chi connectivity index (χ0) is 24.0.